The Morgan fingerprint density at radius 2 is 2.05 bits per heavy atom. The van der Waals surface area contributed by atoms with Crippen LogP contribution >= 0.6 is 0 Å². The van der Waals surface area contributed by atoms with E-state index in [9.17, 15) is 9.59 Å². The van der Waals surface area contributed by atoms with Crippen LogP contribution in [0.5, 0.6) is 0 Å². The van der Waals surface area contributed by atoms with Crippen LogP contribution in [0, 0.1) is 17.8 Å². The lowest BCUT2D eigenvalue weighted by Crippen LogP contribution is -2.67. The molecule has 0 unspecified atom stereocenters. The zero-order chi connectivity index (χ0) is 15.9. The molecule has 2 saturated heterocycles. The molecule has 2 heterocycles. The number of likely N-dealkylation sites (tertiary alicyclic amines) is 1. The van der Waals surface area contributed by atoms with Crippen LogP contribution in [0.3, 0.4) is 0 Å². The molecule has 22 heavy (non-hydrogen) atoms. The molecule has 3 aliphatic rings. The van der Waals surface area contributed by atoms with E-state index in [0.29, 0.717) is 25.6 Å². The van der Waals surface area contributed by atoms with Gasteiger partial charge in [-0.3, -0.25) is 9.59 Å². The molecule has 0 aromatic carbocycles. The maximum absolute atomic E-state index is 12.2. The molecule has 2 amide bonds. The first kappa shape index (κ1) is 15.7. The Hall–Kier alpha value is -1.14. The number of nitrogens with zero attached hydrogens (tertiary/aromatic N) is 2. The Morgan fingerprint density at radius 3 is 2.64 bits per heavy atom. The van der Waals surface area contributed by atoms with Gasteiger partial charge in [-0.25, -0.2) is 0 Å². The summed E-state index contributed by atoms with van der Waals surface area (Å²) in [6.45, 7) is 4.86. The molecule has 0 radical (unpaired) electrons. The summed E-state index contributed by atoms with van der Waals surface area (Å²) >= 11 is 0. The second-order valence-electron chi connectivity index (χ2n) is 7.22. The lowest BCUT2D eigenvalue weighted by Gasteiger charge is -2.50. The van der Waals surface area contributed by atoms with Gasteiger partial charge in [0, 0.05) is 32.5 Å². The second kappa shape index (κ2) is 5.81. The van der Waals surface area contributed by atoms with Gasteiger partial charge >= 0.3 is 0 Å². The number of ether oxygens (including phenoxy) is 2. The lowest BCUT2D eigenvalue weighted by atomic mass is 9.81. The van der Waals surface area contributed by atoms with Gasteiger partial charge in [-0.1, -0.05) is 6.92 Å². The van der Waals surface area contributed by atoms with E-state index < -0.39 is 0 Å². The molecular formula is C16H26N2O4. The van der Waals surface area contributed by atoms with E-state index in [4.69, 9.17) is 9.47 Å². The minimum absolute atomic E-state index is 0.0268. The van der Waals surface area contributed by atoms with Crippen LogP contribution in [-0.2, 0) is 19.1 Å². The molecule has 0 bridgehead atoms. The van der Waals surface area contributed by atoms with Gasteiger partial charge < -0.3 is 19.3 Å². The minimum atomic E-state index is -0.227. The monoisotopic (exact) mass is 310 g/mol. The predicted molar refractivity (Wildman–Crippen MR) is 80.2 cm³/mol. The summed E-state index contributed by atoms with van der Waals surface area (Å²) in [4.78, 5) is 27.2. The van der Waals surface area contributed by atoms with Crippen molar-refractivity contribution in [3.63, 3.8) is 0 Å². The number of amides is 2. The van der Waals surface area contributed by atoms with Crippen molar-refractivity contribution in [3.8, 4) is 0 Å². The normalized spacial score (nSPS) is 32.0. The highest BCUT2D eigenvalue weighted by Crippen LogP contribution is 2.45. The van der Waals surface area contributed by atoms with Crippen molar-refractivity contribution >= 4 is 11.8 Å². The van der Waals surface area contributed by atoms with Gasteiger partial charge in [-0.05, 0) is 18.8 Å². The van der Waals surface area contributed by atoms with Crippen LogP contribution in [-0.4, -0.2) is 74.2 Å². The largest absolute Gasteiger partial charge is 0.371 e. The van der Waals surface area contributed by atoms with Crippen LogP contribution in [0.25, 0.3) is 0 Å². The molecule has 3 fully saturated rings. The van der Waals surface area contributed by atoms with Crippen molar-refractivity contribution in [1.29, 1.82) is 0 Å². The van der Waals surface area contributed by atoms with Crippen molar-refractivity contribution in [3.05, 3.63) is 0 Å². The Morgan fingerprint density at radius 1 is 1.36 bits per heavy atom. The average molecular weight is 310 g/mol. The zero-order valence-electron chi connectivity index (χ0n) is 13.7. The van der Waals surface area contributed by atoms with E-state index in [-0.39, 0.29) is 35.9 Å². The van der Waals surface area contributed by atoms with E-state index in [1.807, 2.05) is 4.90 Å². The quantitative estimate of drug-likeness (QED) is 0.736. The molecule has 3 atom stereocenters. The summed E-state index contributed by atoms with van der Waals surface area (Å²) < 4.78 is 11.5. The van der Waals surface area contributed by atoms with Gasteiger partial charge in [-0.2, -0.15) is 0 Å². The summed E-state index contributed by atoms with van der Waals surface area (Å²) in [6, 6.07) is 0. The first-order valence-electron chi connectivity index (χ1n) is 8.13. The molecule has 3 rings (SSSR count). The van der Waals surface area contributed by atoms with Crippen molar-refractivity contribution < 1.29 is 19.1 Å². The molecule has 0 aromatic rings. The fraction of sp³-hybridized carbons (Fsp3) is 0.875. The van der Waals surface area contributed by atoms with Crippen LogP contribution in [0.15, 0.2) is 0 Å². The molecule has 6 heteroatoms. The second-order valence-corrected chi connectivity index (χ2v) is 7.22. The highest BCUT2D eigenvalue weighted by atomic mass is 16.5. The van der Waals surface area contributed by atoms with Crippen molar-refractivity contribution in [2.45, 2.75) is 25.4 Å². The zero-order valence-corrected chi connectivity index (χ0v) is 13.7. The molecule has 2 aliphatic heterocycles. The lowest BCUT2D eigenvalue weighted by molar-refractivity contribution is -0.170. The van der Waals surface area contributed by atoms with Crippen LogP contribution < -0.4 is 0 Å². The predicted octanol–water partition coefficient (Wildman–Crippen LogP) is 0.365. The number of carbonyl (C=O) groups excluding carboxylic acids is 2. The molecule has 6 nitrogen and oxygen atoms in total. The van der Waals surface area contributed by atoms with E-state index in [1.165, 1.54) is 4.90 Å². The number of hydrogen-bond acceptors (Lipinski definition) is 4. The fourth-order valence-corrected chi connectivity index (χ4v) is 3.44. The Balaban J connectivity index is 1.46. The molecule has 1 spiro atoms. The molecule has 1 aliphatic carbocycles. The summed E-state index contributed by atoms with van der Waals surface area (Å²) in [7, 11) is 3.44. The van der Waals surface area contributed by atoms with Gasteiger partial charge in [0.25, 0.3) is 0 Å². The Labute approximate surface area is 131 Å². The SMILES string of the molecule is C[C@@H]1C[C@H]1C(=O)N1CC2(C1)OCC[C@@H]2COCC(=O)N(C)C. The molecule has 124 valence electrons. The smallest absolute Gasteiger partial charge is 0.248 e. The van der Waals surface area contributed by atoms with Gasteiger partial charge in [0.05, 0.1) is 19.7 Å². The highest BCUT2D eigenvalue weighted by molar-refractivity contribution is 5.82. The first-order valence-corrected chi connectivity index (χ1v) is 8.13. The van der Waals surface area contributed by atoms with Crippen LogP contribution in [0.4, 0.5) is 0 Å². The third-order valence-electron chi connectivity index (χ3n) is 5.30. The van der Waals surface area contributed by atoms with Gasteiger partial charge in [0.1, 0.15) is 12.2 Å². The van der Waals surface area contributed by atoms with Gasteiger partial charge in [-0.15, -0.1) is 0 Å². The maximum atomic E-state index is 12.2. The van der Waals surface area contributed by atoms with Crippen LogP contribution in [0.2, 0.25) is 0 Å². The molecule has 1 saturated carbocycles. The summed E-state index contributed by atoms with van der Waals surface area (Å²) in [5, 5.41) is 0. The molecule has 0 N–H and O–H groups in total. The summed E-state index contributed by atoms with van der Waals surface area (Å²) in [5.41, 5.74) is -0.227. The van der Waals surface area contributed by atoms with E-state index in [1.54, 1.807) is 14.1 Å². The molecular weight excluding hydrogens is 284 g/mol. The first-order chi connectivity index (χ1) is 10.4. The van der Waals surface area contributed by atoms with E-state index >= 15 is 0 Å². The Bertz CT molecular complexity index is 459. The van der Waals surface area contributed by atoms with Gasteiger partial charge in [0.15, 0.2) is 0 Å². The van der Waals surface area contributed by atoms with Crippen molar-refractivity contribution in [1.82, 2.24) is 9.80 Å². The Kier molecular flexibility index (Phi) is 4.16. The van der Waals surface area contributed by atoms with Crippen molar-refractivity contribution in [2.75, 3.05) is 47.0 Å². The minimum Gasteiger partial charge on any atom is -0.371 e. The topological polar surface area (TPSA) is 59.1 Å². The number of rotatable bonds is 5. The number of carbonyl (C=O) groups is 2. The van der Waals surface area contributed by atoms with Gasteiger partial charge in [0.2, 0.25) is 11.8 Å². The third-order valence-corrected chi connectivity index (χ3v) is 5.30. The van der Waals surface area contributed by atoms with Crippen LogP contribution in [0.1, 0.15) is 19.8 Å². The average Bonchev–Trinajstić information content (AvgIpc) is 3.00. The number of hydrogen-bond donors (Lipinski definition) is 0. The standard InChI is InChI=1S/C16H26N2O4/c1-11-6-13(11)15(20)18-9-16(10-18)12(4-5-22-16)7-21-8-14(19)17(2)3/h11-13H,4-10H2,1-3H3/t11-,12-,13-/m1/s1. The summed E-state index contributed by atoms with van der Waals surface area (Å²) in [6.07, 6.45) is 1.97. The number of likely N-dealkylation sites (N-methyl/N-ethyl adjacent to an activating group) is 1. The molecule has 0 aromatic heterocycles. The maximum Gasteiger partial charge on any atom is 0.248 e. The van der Waals surface area contributed by atoms with Crippen molar-refractivity contribution in [2.24, 2.45) is 17.8 Å². The fourth-order valence-electron chi connectivity index (χ4n) is 3.44. The summed E-state index contributed by atoms with van der Waals surface area (Å²) in [5.74, 6) is 1.33. The van der Waals surface area contributed by atoms with E-state index in [0.717, 1.165) is 19.4 Å². The highest BCUT2D eigenvalue weighted by Gasteiger charge is 2.56. The third kappa shape index (κ3) is 2.86. The van der Waals surface area contributed by atoms with E-state index in [2.05, 4.69) is 6.92 Å².